The lowest BCUT2D eigenvalue weighted by atomic mass is 9.94. The number of rotatable bonds is 5. The average Bonchev–Trinajstić information content (AvgIpc) is 2.67. The zero-order valence-electron chi connectivity index (χ0n) is 16.3. The molecule has 30 heavy (non-hydrogen) atoms. The molecule has 1 heterocycles. The summed E-state index contributed by atoms with van der Waals surface area (Å²) in [7, 11) is 0. The Balaban J connectivity index is 1.89. The Hall–Kier alpha value is -3.49. The molecule has 1 aliphatic heterocycles. The average molecular weight is 419 g/mol. The molecule has 158 valence electrons. The normalized spacial score (nSPS) is 16.6. The maximum atomic E-state index is 12.9. The van der Waals surface area contributed by atoms with Gasteiger partial charge in [-0.05, 0) is 49.7 Å². The number of anilines is 1. The molecule has 1 aliphatic rings. The zero-order chi connectivity index (χ0) is 21.9. The monoisotopic (exact) mass is 419 g/mol. The zero-order valence-corrected chi connectivity index (χ0v) is 16.3. The molecule has 6 nitrogen and oxygen atoms in total. The highest BCUT2D eigenvalue weighted by atomic mass is 19.4. The number of ether oxygens (including phenoxy) is 1. The van der Waals surface area contributed by atoms with E-state index < -0.39 is 29.7 Å². The van der Waals surface area contributed by atoms with Crippen molar-refractivity contribution < 1.29 is 27.5 Å². The lowest BCUT2D eigenvalue weighted by Crippen LogP contribution is -2.45. The van der Waals surface area contributed by atoms with Crippen LogP contribution in [-0.2, 0) is 11.0 Å². The van der Waals surface area contributed by atoms with Crippen LogP contribution in [0.5, 0.6) is 5.75 Å². The number of alkyl halides is 3. The van der Waals surface area contributed by atoms with Crippen molar-refractivity contribution in [1.82, 2.24) is 10.6 Å². The maximum Gasteiger partial charge on any atom is 0.416 e. The second-order valence-corrected chi connectivity index (χ2v) is 6.60. The second kappa shape index (κ2) is 8.48. The number of hydrogen-bond donors (Lipinski definition) is 3. The molecule has 9 heteroatoms. The molecule has 3 amide bonds. The Bertz CT molecular complexity index is 985. The second-order valence-electron chi connectivity index (χ2n) is 6.60. The summed E-state index contributed by atoms with van der Waals surface area (Å²) in [5.74, 6) is 0.00962. The molecule has 0 spiro atoms. The Labute approximate surface area is 171 Å². The smallest absolute Gasteiger partial charge is 0.416 e. The van der Waals surface area contributed by atoms with Crippen LogP contribution >= 0.6 is 0 Å². The highest BCUT2D eigenvalue weighted by Gasteiger charge is 2.33. The van der Waals surface area contributed by atoms with E-state index >= 15 is 0 Å². The van der Waals surface area contributed by atoms with E-state index in [1.54, 1.807) is 31.2 Å². The van der Waals surface area contributed by atoms with Crippen LogP contribution in [0.1, 0.15) is 31.0 Å². The van der Waals surface area contributed by atoms with E-state index in [9.17, 15) is 22.8 Å². The van der Waals surface area contributed by atoms with Gasteiger partial charge in [0.25, 0.3) is 5.91 Å². The number of amides is 3. The Morgan fingerprint density at radius 1 is 1.17 bits per heavy atom. The number of urea groups is 1. The van der Waals surface area contributed by atoms with Gasteiger partial charge < -0.3 is 20.7 Å². The molecule has 0 fully saturated rings. The van der Waals surface area contributed by atoms with E-state index in [-0.39, 0.29) is 11.3 Å². The summed E-state index contributed by atoms with van der Waals surface area (Å²) >= 11 is 0. The Morgan fingerprint density at radius 3 is 2.50 bits per heavy atom. The molecule has 0 aliphatic carbocycles. The van der Waals surface area contributed by atoms with Gasteiger partial charge in [0.2, 0.25) is 0 Å². The van der Waals surface area contributed by atoms with Gasteiger partial charge in [-0.25, -0.2) is 4.79 Å². The van der Waals surface area contributed by atoms with Gasteiger partial charge >= 0.3 is 12.2 Å². The van der Waals surface area contributed by atoms with Crippen LogP contribution in [0.2, 0.25) is 0 Å². The number of allylic oxidation sites excluding steroid dienone is 1. The molecular formula is C21H20F3N3O3. The summed E-state index contributed by atoms with van der Waals surface area (Å²) in [5, 5.41) is 7.69. The van der Waals surface area contributed by atoms with E-state index in [1.165, 1.54) is 12.1 Å². The molecule has 0 bridgehead atoms. The minimum absolute atomic E-state index is 0.00234. The van der Waals surface area contributed by atoms with Crippen molar-refractivity contribution in [2.45, 2.75) is 26.1 Å². The summed E-state index contributed by atoms with van der Waals surface area (Å²) in [5.41, 5.74) is 0.252. The number of carbonyl (C=O) groups excluding carboxylic acids is 2. The fourth-order valence-corrected chi connectivity index (χ4v) is 3.14. The lowest BCUT2D eigenvalue weighted by molar-refractivity contribution is -0.137. The quantitative estimate of drug-likeness (QED) is 0.673. The van der Waals surface area contributed by atoms with E-state index in [2.05, 4.69) is 16.0 Å². The van der Waals surface area contributed by atoms with Crippen LogP contribution in [0.15, 0.2) is 59.8 Å². The minimum atomic E-state index is -4.53. The van der Waals surface area contributed by atoms with Crippen LogP contribution in [0.25, 0.3) is 0 Å². The van der Waals surface area contributed by atoms with Crippen molar-refractivity contribution >= 4 is 17.6 Å². The van der Waals surface area contributed by atoms with Gasteiger partial charge in [0.05, 0.1) is 23.8 Å². The lowest BCUT2D eigenvalue weighted by Gasteiger charge is -2.28. The summed E-state index contributed by atoms with van der Waals surface area (Å²) in [4.78, 5) is 24.9. The fourth-order valence-electron chi connectivity index (χ4n) is 3.14. The third kappa shape index (κ3) is 4.73. The minimum Gasteiger partial charge on any atom is -0.494 e. The van der Waals surface area contributed by atoms with Crippen molar-refractivity contribution in [2.75, 3.05) is 11.9 Å². The van der Waals surface area contributed by atoms with E-state index in [0.717, 1.165) is 12.1 Å². The molecule has 0 saturated heterocycles. The van der Waals surface area contributed by atoms with Gasteiger partial charge in [-0.15, -0.1) is 0 Å². The van der Waals surface area contributed by atoms with Crippen LogP contribution in [0, 0.1) is 0 Å². The number of nitrogens with one attached hydrogen (secondary N) is 3. The van der Waals surface area contributed by atoms with Crippen molar-refractivity contribution in [3.63, 3.8) is 0 Å². The molecule has 1 atom stereocenters. The van der Waals surface area contributed by atoms with Crippen molar-refractivity contribution in [1.29, 1.82) is 0 Å². The fraction of sp³-hybridized carbons (Fsp3) is 0.238. The van der Waals surface area contributed by atoms with Gasteiger partial charge in [0.15, 0.2) is 0 Å². The highest BCUT2D eigenvalue weighted by molar-refractivity contribution is 6.06. The van der Waals surface area contributed by atoms with Gasteiger partial charge in [-0.1, -0.05) is 18.2 Å². The summed E-state index contributed by atoms with van der Waals surface area (Å²) in [6.45, 7) is 3.90. The largest absolute Gasteiger partial charge is 0.494 e. The van der Waals surface area contributed by atoms with E-state index in [1.807, 2.05) is 6.92 Å². The van der Waals surface area contributed by atoms with Gasteiger partial charge in [0.1, 0.15) is 5.75 Å². The number of halogens is 3. The van der Waals surface area contributed by atoms with Gasteiger partial charge in [-0.3, -0.25) is 4.79 Å². The molecule has 2 aromatic rings. The molecule has 0 radical (unpaired) electrons. The first kappa shape index (κ1) is 21.2. The summed E-state index contributed by atoms with van der Waals surface area (Å²) < 4.78 is 44.2. The van der Waals surface area contributed by atoms with Crippen molar-refractivity contribution in [3.05, 3.63) is 70.9 Å². The third-order valence-corrected chi connectivity index (χ3v) is 4.49. The number of benzene rings is 2. The SMILES string of the molecule is CCOc1ccc(C2NC(=O)NC(C)=C2C(=O)Nc2cccc(C(F)(F)F)c2)cc1. The Morgan fingerprint density at radius 2 is 1.87 bits per heavy atom. The topological polar surface area (TPSA) is 79.5 Å². The third-order valence-electron chi connectivity index (χ3n) is 4.49. The molecule has 3 N–H and O–H groups in total. The number of hydrogen-bond acceptors (Lipinski definition) is 3. The van der Waals surface area contributed by atoms with Crippen LogP contribution in [0.3, 0.4) is 0 Å². The summed E-state index contributed by atoms with van der Waals surface area (Å²) in [6.07, 6.45) is -4.53. The molecule has 2 aromatic carbocycles. The number of carbonyl (C=O) groups is 2. The van der Waals surface area contributed by atoms with Crippen LogP contribution in [0.4, 0.5) is 23.7 Å². The van der Waals surface area contributed by atoms with Gasteiger partial charge in [-0.2, -0.15) is 13.2 Å². The molecular weight excluding hydrogens is 399 g/mol. The first-order valence-electron chi connectivity index (χ1n) is 9.18. The maximum absolute atomic E-state index is 12.9. The van der Waals surface area contributed by atoms with Crippen molar-refractivity contribution in [2.24, 2.45) is 0 Å². The van der Waals surface area contributed by atoms with E-state index in [0.29, 0.717) is 23.6 Å². The van der Waals surface area contributed by atoms with Crippen molar-refractivity contribution in [3.8, 4) is 5.75 Å². The first-order chi connectivity index (χ1) is 14.2. The summed E-state index contributed by atoms with van der Waals surface area (Å²) in [6, 6.07) is 9.95. The Kier molecular flexibility index (Phi) is 6.00. The predicted molar refractivity (Wildman–Crippen MR) is 105 cm³/mol. The standard InChI is InChI=1S/C21H20F3N3O3/c1-3-30-16-9-7-13(8-10-16)18-17(12(2)25-20(29)27-18)19(28)26-15-6-4-5-14(11-15)21(22,23)24/h4-11,18H,3H2,1-2H3,(H,26,28)(H2,25,27,29). The molecule has 3 rings (SSSR count). The van der Waals surface area contributed by atoms with E-state index in [4.69, 9.17) is 4.74 Å². The van der Waals surface area contributed by atoms with Crippen LogP contribution < -0.4 is 20.7 Å². The van der Waals surface area contributed by atoms with Gasteiger partial charge in [0, 0.05) is 11.4 Å². The molecule has 1 unspecified atom stereocenters. The first-order valence-corrected chi connectivity index (χ1v) is 9.18. The van der Waals surface area contributed by atoms with Crippen LogP contribution in [-0.4, -0.2) is 18.5 Å². The highest BCUT2D eigenvalue weighted by Crippen LogP contribution is 2.32. The molecule has 0 saturated carbocycles. The predicted octanol–water partition coefficient (Wildman–Crippen LogP) is 4.37. The molecule has 0 aromatic heterocycles.